The normalized spacial score (nSPS) is 16.5. The SMILES string of the molecule is CN(C)C(=O)c1sc2ccccc2c1C[C@H]1CCCCN1C(=O)Cn1cccnc1=O. The van der Waals surface area contributed by atoms with Crippen molar-refractivity contribution in [3.05, 3.63) is 63.7 Å². The summed E-state index contributed by atoms with van der Waals surface area (Å²) in [6.07, 6.45) is 6.52. The van der Waals surface area contributed by atoms with Gasteiger partial charge in [0.25, 0.3) is 5.91 Å². The van der Waals surface area contributed by atoms with Gasteiger partial charge >= 0.3 is 5.69 Å². The van der Waals surface area contributed by atoms with E-state index in [-0.39, 0.29) is 24.4 Å². The molecule has 7 nitrogen and oxygen atoms in total. The molecule has 3 heterocycles. The molecular weight excluding hydrogens is 412 g/mol. The Morgan fingerprint density at radius 1 is 1.19 bits per heavy atom. The Kier molecular flexibility index (Phi) is 6.18. The maximum absolute atomic E-state index is 13.1. The highest BCUT2D eigenvalue weighted by atomic mass is 32.1. The Morgan fingerprint density at radius 2 is 2.00 bits per heavy atom. The molecule has 4 rings (SSSR count). The third kappa shape index (κ3) is 4.39. The van der Waals surface area contributed by atoms with Gasteiger partial charge in [-0.25, -0.2) is 9.78 Å². The van der Waals surface area contributed by atoms with E-state index in [1.54, 1.807) is 31.3 Å². The zero-order chi connectivity index (χ0) is 22.0. The van der Waals surface area contributed by atoms with E-state index in [0.29, 0.717) is 13.0 Å². The number of nitrogens with zero attached hydrogens (tertiary/aromatic N) is 4. The zero-order valence-electron chi connectivity index (χ0n) is 17.8. The number of amides is 2. The van der Waals surface area contributed by atoms with E-state index in [9.17, 15) is 14.4 Å². The molecule has 0 saturated carbocycles. The van der Waals surface area contributed by atoms with E-state index in [0.717, 1.165) is 39.8 Å². The molecule has 162 valence electrons. The summed E-state index contributed by atoms with van der Waals surface area (Å²) in [4.78, 5) is 45.9. The second kappa shape index (κ2) is 9.01. The fourth-order valence-electron chi connectivity index (χ4n) is 4.20. The van der Waals surface area contributed by atoms with Crippen molar-refractivity contribution in [1.82, 2.24) is 19.4 Å². The van der Waals surface area contributed by atoms with E-state index >= 15 is 0 Å². The largest absolute Gasteiger partial charge is 0.347 e. The van der Waals surface area contributed by atoms with Crippen molar-refractivity contribution >= 4 is 33.2 Å². The Bertz CT molecular complexity index is 1170. The van der Waals surface area contributed by atoms with E-state index in [1.807, 2.05) is 23.1 Å². The molecule has 0 bridgehead atoms. The van der Waals surface area contributed by atoms with Crippen molar-refractivity contribution < 1.29 is 9.59 Å². The van der Waals surface area contributed by atoms with Crippen molar-refractivity contribution in [1.29, 1.82) is 0 Å². The minimum Gasteiger partial charge on any atom is -0.344 e. The molecule has 1 atom stereocenters. The molecule has 0 radical (unpaired) electrons. The zero-order valence-corrected chi connectivity index (χ0v) is 18.6. The Hall–Kier alpha value is -3.00. The van der Waals surface area contributed by atoms with Gasteiger partial charge in [-0.2, -0.15) is 0 Å². The summed E-state index contributed by atoms with van der Waals surface area (Å²) >= 11 is 1.51. The molecule has 1 aromatic carbocycles. The number of thiophene rings is 1. The van der Waals surface area contributed by atoms with Crippen LogP contribution in [0.15, 0.2) is 47.5 Å². The second-order valence-electron chi connectivity index (χ2n) is 8.08. The first kappa shape index (κ1) is 21.2. The Morgan fingerprint density at radius 3 is 2.77 bits per heavy atom. The number of hydrogen-bond acceptors (Lipinski definition) is 5. The standard InChI is InChI=1S/C23H26N4O3S/c1-25(2)22(29)21-18(17-9-3-4-10-19(17)31-21)14-16-8-5-6-13-27(16)20(28)15-26-12-7-11-24-23(26)30/h3-4,7,9-12,16H,5-6,8,13-15H2,1-2H3/t16-/m1/s1. The fraction of sp³-hybridized carbons (Fsp3) is 0.391. The van der Waals surface area contributed by atoms with Gasteiger partial charge in [0, 0.05) is 43.8 Å². The van der Waals surface area contributed by atoms with Crippen LogP contribution in [0.5, 0.6) is 0 Å². The van der Waals surface area contributed by atoms with Crippen LogP contribution in [0.4, 0.5) is 0 Å². The number of hydrogen-bond donors (Lipinski definition) is 0. The maximum Gasteiger partial charge on any atom is 0.347 e. The number of fused-ring (bicyclic) bond motifs is 1. The number of benzene rings is 1. The van der Waals surface area contributed by atoms with Gasteiger partial charge in [0.15, 0.2) is 0 Å². The number of likely N-dealkylation sites (tertiary alicyclic amines) is 1. The van der Waals surface area contributed by atoms with Crippen LogP contribution >= 0.6 is 11.3 Å². The number of carbonyl (C=O) groups excluding carboxylic acids is 2. The van der Waals surface area contributed by atoms with Gasteiger partial charge < -0.3 is 9.80 Å². The molecule has 31 heavy (non-hydrogen) atoms. The molecule has 1 saturated heterocycles. The van der Waals surface area contributed by atoms with Crippen LogP contribution < -0.4 is 5.69 Å². The monoisotopic (exact) mass is 438 g/mol. The van der Waals surface area contributed by atoms with Gasteiger partial charge in [0.1, 0.15) is 6.54 Å². The highest BCUT2D eigenvalue weighted by molar-refractivity contribution is 7.21. The first-order valence-corrected chi connectivity index (χ1v) is 11.3. The average molecular weight is 439 g/mol. The van der Waals surface area contributed by atoms with Crippen LogP contribution in [0.25, 0.3) is 10.1 Å². The summed E-state index contributed by atoms with van der Waals surface area (Å²) in [6, 6.07) is 9.71. The Labute approximate surface area is 184 Å². The Balaban J connectivity index is 1.64. The average Bonchev–Trinajstić information content (AvgIpc) is 3.13. The summed E-state index contributed by atoms with van der Waals surface area (Å²) in [7, 11) is 3.52. The number of rotatable bonds is 5. The van der Waals surface area contributed by atoms with Crippen molar-refractivity contribution in [2.24, 2.45) is 0 Å². The number of carbonyl (C=O) groups is 2. The molecule has 2 aromatic heterocycles. The third-order valence-electron chi connectivity index (χ3n) is 5.77. The summed E-state index contributed by atoms with van der Waals surface area (Å²) < 4.78 is 2.42. The smallest absolute Gasteiger partial charge is 0.344 e. The van der Waals surface area contributed by atoms with Gasteiger partial charge in [-0.05, 0) is 48.8 Å². The topological polar surface area (TPSA) is 75.5 Å². The van der Waals surface area contributed by atoms with Crippen molar-refractivity contribution in [2.75, 3.05) is 20.6 Å². The molecule has 0 spiro atoms. The van der Waals surface area contributed by atoms with E-state index < -0.39 is 5.69 Å². The lowest BCUT2D eigenvalue weighted by Crippen LogP contribution is -2.47. The fourth-order valence-corrected chi connectivity index (χ4v) is 5.45. The van der Waals surface area contributed by atoms with Gasteiger partial charge in [-0.3, -0.25) is 14.2 Å². The predicted octanol–water partition coefficient (Wildman–Crippen LogP) is 2.78. The lowest BCUT2D eigenvalue weighted by atomic mass is 9.93. The molecule has 1 aliphatic heterocycles. The third-order valence-corrected chi connectivity index (χ3v) is 6.98. The molecular formula is C23H26N4O3S. The first-order valence-electron chi connectivity index (χ1n) is 10.5. The summed E-state index contributed by atoms with van der Waals surface area (Å²) in [5.74, 6) is -0.0911. The molecule has 3 aromatic rings. The molecule has 0 unspecified atom stereocenters. The summed E-state index contributed by atoms with van der Waals surface area (Å²) in [5, 5.41) is 1.08. The van der Waals surface area contributed by atoms with Gasteiger partial charge in [0.05, 0.1) is 4.88 Å². The molecule has 1 aliphatic rings. The van der Waals surface area contributed by atoms with Crippen LogP contribution in [0.3, 0.4) is 0 Å². The van der Waals surface area contributed by atoms with E-state index in [4.69, 9.17) is 0 Å². The minimum absolute atomic E-state index is 0.000317. The summed E-state index contributed by atoms with van der Waals surface area (Å²) in [6.45, 7) is 0.647. The second-order valence-corrected chi connectivity index (χ2v) is 9.13. The van der Waals surface area contributed by atoms with Crippen molar-refractivity contribution in [2.45, 2.75) is 38.3 Å². The highest BCUT2D eigenvalue weighted by Crippen LogP contribution is 2.34. The van der Waals surface area contributed by atoms with Crippen LogP contribution in [-0.2, 0) is 17.8 Å². The van der Waals surface area contributed by atoms with Crippen LogP contribution in [0, 0.1) is 0 Å². The van der Waals surface area contributed by atoms with Crippen LogP contribution in [0.1, 0.15) is 34.5 Å². The molecule has 2 amide bonds. The summed E-state index contributed by atoms with van der Waals surface area (Å²) in [5.41, 5.74) is 0.592. The molecule has 1 fully saturated rings. The quantitative estimate of drug-likeness (QED) is 0.614. The molecule has 8 heteroatoms. The van der Waals surface area contributed by atoms with Gasteiger partial charge in [-0.1, -0.05) is 18.2 Å². The van der Waals surface area contributed by atoms with Gasteiger partial charge in [-0.15, -0.1) is 11.3 Å². The van der Waals surface area contributed by atoms with E-state index in [2.05, 4.69) is 11.1 Å². The number of piperidine rings is 1. The highest BCUT2D eigenvalue weighted by Gasteiger charge is 2.30. The minimum atomic E-state index is -0.424. The lowest BCUT2D eigenvalue weighted by molar-refractivity contribution is -0.135. The maximum atomic E-state index is 13.1. The molecule has 0 N–H and O–H groups in total. The lowest BCUT2D eigenvalue weighted by Gasteiger charge is -2.36. The van der Waals surface area contributed by atoms with Crippen molar-refractivity contribution in [3.63, 3.8) is 0 Å². The first-order chi connectivity index (χ1) is 15.0. The van der Waals surface area contributed by atoms with E-state index in [1.165, 1.54) is 22.1 Å². The van der Waals surface area contributed by atoms with Crippen molar-refractivity contribution in [3.8, 4) is 0 Å². The number of aromatic nitrogens is 2. The van der Waals surface area contributed by atoms with Crippen LogP contribution in [0.2, 0.25) is 0 Å². The molecule has 0 aliphatic carbocycles. The van der Waals surface area contributed by atoms with Gasteiger partial charge in [0.2, 0.25) is 5.91 Å². The van der Waals surface area contributed by atoms with Crippen LogP contribution in [-0.4, -0.2) is 57.8 Å². The predicted molar refractivity (Wildman–Crippen MR) is 121 cm³/mol.